The smallest absolute Gasteiger partial charge is 0.335 e. The van der Waals surface area contributed by atoms with Crippen molar-refractivity contribution < 1.29 is 15.0 Å². The molecule has 3 heterocycles. The van der Waals surface area contributed by atoms with Crippen LogP contribution in [0.25, 0.3) is 33.7 Å². The Morgan fingerprint density at radius 3 is 2.47 bits per heavy atom. The summed E-state index contributed by atoms with van der Waals surface area (Å²) < 4.78 is 1.79. The number of carboxylic acids is 1. The molecule has 8 heteroatoms. The predicted molar refractivity (Wildman–Crippen MR) is 112 cm³/mol. The number of aromatic carboxylic acids is 1. The fraction of sp³-hybridized carbons (Fsp3) is 0.227. The largest absolute Gasteiger partial charge is 0.478 e. The second kappa shape index (κ2) is 7.31. The van der Waals surface area contributed by atoms with Crippen LogP contribution in [0, 0.1) is 0 Å². The van der Waals surface area contributed by atoms with Crippen molar-refractivity contribution in [2.45, 2.75) is 32.9 Å². The summed E-state index contributed by atoms with van der Waals surface area (Å²) >= 11 is 0. The van der Waals surface area contributed by atoms with E-state index in [4.69, 9.17) is 0 Å². The molecule has 8 nitrogen and oxygen atoms in total. The molecule has 0 aliphatic carbocycles. The van der Waals surface area contributed by atoms with E-state index in [0.717, 1.165) is 11.1 Å². The van der Waals surface area contributed by atoms with Crippen LogP contribution in [0.4, 0.5) is 0 Å². The van der Waals surface area contributed by atoms with E-state index in [2.05, 4.69) is 20.1 Å². The number of hydrogen-bond acceptors (Lipinski definition) is 6. The second-order valence-corrected chi connectivity index (χ2v) is 7.49. The van der Waals surface area contributed by atoms with Gasteiger partial charge in [-0.25, -0.2) is 14.8 Å². The van der Waals surface area contributed by atoms with E-state index in [9.17, 15) is 15.0 Å². The predicted octanol–water partition coefficient (Wildman–Crippen LogP) is 3.50. The number of carboxylic acid groups (broad SMARTS) is 1. The molecular weight excluding hydrogens is 382 g/mol. The third kappa shape index (κ3) is 3.53. The molecule has 0 unspecified atom stereocenters. The van der Waals surface area contributed by atoms with E-state index in [1.165, 1.54) is 0 Å². The van der Waals surface area contributed by atoms with Gasteiger partial charge in [-0.15, -0.1) is 0 Å². The summed E-state index contributed by atoms with van der Waals surface area (Å²) in [6.07, 6.45) is 4.94. The van der Waals surface area contributed by atoms with Gasteiger partial charge in [0, 0.05) is 36.1 Å². The molecule has 0 radical (unpaired) electrons. The highest BCUT2D eigenvalue weighted by molar-refractivity contribution is 5.98. The minimum Gasteiger partial charge on any atom is -0.478 e. The van der Waals surface area contributed by atoms with Gasteiger partial charge < -0.3 is 10.2 Å². The lowest BCUT2D eigenvalue weighted by molar-refractivity contribution is 0.0696. The van der Waals surface area contributed by atoms with E-state index in [1.807, 2.05) is 6.92 Å². The zero-order chi connectivity index (χ0) is 21.5. The minimum atomic E-state index is -0.999. The Kier molecular flexibility index (Phi) is 4.79. The van der Waals surface area contributed by atoms with Crippen LogP contribution >= 0.6 is 0 Å². The zero-order valence-corrected chi connectivity index (χ0v) is 16.9. The molecule has 0 aliphatic rings. The Labute approximate surface area is 172 Å². The van der Waals surface area contributed by atoms with Crippen molar-refractivity contribution in [3.05, 3.63) is 60.0 Å². The average Bonchev–Trinajstić information content (AvgIpc) is 3.11. The van der Waals surface area contributed by atoms with Crippen LogP contribution in [-0.2, 0) is 12.1 Å². The van der Waals surface area contributed by atoms with Crippen LogP contribution in [0.2, 0.25) is 0 Å². The van der Waals surface area contributed by atoms with Crippen LogP contribution < -0.4 is 0 Å². The molecule has 1 aromatic carbocycles. The molecule has 0 saturated carbocycles. The first-order valence-corrected chi connectivity index (χ1v) is 9.53. The summed E-state index contributed by atoms with van der Waals surface area (Å²) in [6.45, 7) is 6.03. The van der Waals surface area contributed by atoms with Crippen LogP contribution in [-0.4, -0.2) is 40.9 Å². The van der Waals surface area contributed by atoms with Gasteiger partial charge in [-0.1, -0.05) is 0 Å². The maximum Gasteiger partial charge on any atom is 0.335 e. The van der Waals surface area contributed by atoms with Gasteiger partial charge in [-0.3, -0.25) is 9.67 Å². The van der Waals surface area contributed by atoms with Gasteiger partial charge in [-0.2, -0.15) is 5.10 Å². The monoisotopic (exact) mass is 403 g/mol. The third-order valence-electron chi connectivity index (χ3n) is 4.92. The first-order valence-electron chi connectivity index (χ1n) is 9.53. The number of nitrogens with zero attached hydrogens (tertiary/aromatic N) is 5. The number of rotatable bonds is 5. The van der Waals surface area contributed by atoms with Gasteiger partial charge >= 0.3 is 5.97 Å². The summed E-state index contributed by atoms with van der Waals surface area (Å²) in [7, 11) is 0. The molecule has 4 aromatic rings. The number of aryl methyl sites for hydroxylation is 1. The lowest BCUT2D eigenvalue weighted by Crippen LogP contribution is -2.15. The molecule has 0 bridgehead atoms. The first-order chi connectivity index (χ1) is 14.3. The van der Waals surface area contributed by atoms with Gasteiger partial charge in [-0.05, 0) is 56.7 Å². The van der Waals surface area contributed by atoms with Crippen LogP contribution in [0.3, 0.4) is 0 Å². The number of aliphatic hydroxyl groups is 1. The summed E-state index contributed by atoms with van der Waals surface area (Å²) in [6, 6.07) is 8.48. The lowest BCUT2D eigenvalue weighted by Gasteiger charge is -2.18. The van der Waals surface area contributed by atoms with E-state index in [-0.39, 0.29) is 5.56 Å². The zero-order valence-electron chi connectivity index (χ0n) is 16.9. The highest BCUT2D eigenvalue weighted by Crippen LogP contribution is 2.28. The average molecular weight is 403 g/mol. The molecule has 3 aromatic heterocycles. The second-order valence-electron chi connectivity index (χ2n) is 7.49. The van der Waals surface area contributed by atoms with Crippen LogP contribution in [0.5, 0.6) is 0 Å². The van der Waals surface area contributed by atoms with E-state index >= 15 is 0 Å². The summed E-state index contributed by atoms with van der Waals surface area (Å²) in [5.41, 5.74) is 2.65. The quantitative estimate of drug-likeness (QED) is 0.524. The maximum atomic E-state index is 11.4. The topological polar surface area (TPSA) is 114 Å². The van der Waals surface area contributed by atoms with Gasteiger partial charge in [0.05, 0.1) is 22.4 Å². The Balaban J connectivity index is 1.77. The van der Waals surface area contributed by atoms with E-state index in [0.29, 0.717) is 34.7 Å². The molecule has 0 fully saturated rings. The Morgan fingerprint density at radius 2 is 1.83 bits per heavy atom. The molecule has 30 heavy (non-hydrogen) atoms. The summed E-state index contributed by atoms with van der Waals surface area (Å²) in [4.78, 5) is 24.6. The van der Waals surface area contributed by atoms with Gasteiger partial charge in [0.2, 0.25) is 0 Å². The van der Waals surface area contributed by atoms with Crippen molar-refractivity contribution in [3.8, 4) is 22.8 Å². The molecule has 152 valence electrons. The SMILES string of the molecule is CCn1nc(-c2ncc(-c3cc(C(C)(C)O)ccn3)cn2)c2cc(C(=O)O)ccc21. The number of fused-ring (bicyclic) bond motifs is 1. The molecular formula is C22H21N5O3. The summed E-state index contributed by atoms with van der Waals surface area (Å²) in [5.74, 6) is -0.599. The Morgan fingerprint density at radius 1 is 1.10 bits per heavy atom. The normalized spacial score (nSPS) is 11.7. The van der Waals surface area contributed by atoms with Crippen molar-refractivity contribution >= 4 is 16.9 Å². The van der Waals surface area contributed by atoms with Crippen molar-refractivity contribution in [3.63, 3.8) is 0 Å². The van der Waals surface area contributed by atoms with Crippen molar-refractivity contribution in [2.75, 3.05) is 0 Å². The number of aromatic nitrogens is 5. The first kappa shape index (κ1) is 19.7. The number of carbonyl (C=O) groups is 1. The number of benzene rings is 1. The van der Waals surface area contributed by atoms with Crippen molar-refractivity contribution in [1.82, 2.24) is 24.7 Å². The van der Waals surface area contributed by atoms with Crippen molar-refractivity contribution in [1.29, 1.82) is 0 Å². The fourth-order valence-corrected chi connectivity index (χ4v) is 3.27. The Bertz CT molecular complexity index is 1240. The van der Waals surface area contributed by atoms with E-state index < -0.39 is 11.6 Å². The molecule has 0 spiro atoms. The maximum absolute atomic E-state index is 11.4. The highest BCUT2D eigenvalue weighted by Gasteiger charge is 2.18. The van der Waals surface area contributed by atoms with Gasteiger partial charge in [0.25, 0.3) is 0 Å². The number of hydrogen-bond donors (Lipinski definition) is 2. The fourth-order valence-electron chi connectivity index (χ4n) is 3.27. The highest BCUT2D eigenvalue weighted by atomic mass is 16.4. The standard InChI is InChI=1S/C22H21N5O3/c1-4-27-18-6-5-13(21(28)29)9-16(18)19(26-27)20-24-11-14(12-25-20)17-10-15(7-8-23-17)22(2,3)30/h5-12,30H,4H2,1-3H3,(H,28,29). The molecule has 4 rings (SSSR count). The van der Waals surface area contributed by atoms with E-state index in [1.54, 1.807) is 67.5 Å². The van der Waals surface area contributed by atoms with Crippen molar-refractivity contribution in [2.24, 2.45) is 0 Å². The van der Waals surface area contributed by atoms with Gasteiger partial charge in [0.15, 0.2) is 5.82 Å². The van der Waals surface area contributed by atoms with Gasteiger partial charge in [0.1, 0.15) is 5.69 Å². The van der Waals surface area contributed by atoms with Crippen LogP contribution in [0.1, 0.15) is 36.7 Å². The minimum absolute atomic E-state index is 0.184. The molecule has 0 amide bonds. The number of pyridine rings is 1. The van der Waals surface area contributed by atoms with Crippen LogP contribution in [0.15, 0.2) is 48.9 Å². The molecule has 2 N–H and O–H groups in total. The Hall–Kier alpha value is -3.65. The molecule has 0 atom stereocenters. The molecule has 0 saturated heterocycles. The third-order valence-corrected chi connectivity index (χ3v) is 4.92. The lowest BCUT2D eigenvalue weighted by atomic mass is 9.98. The molecule has 0 aliphatic heterocycles. The summed E-state index contributed by atoms with van der Waals surface area (Å²) in [5, 5.41) is 24.8.